The number of aromatic nitrogens is 5. The van der Waals surface area contributed by atoms with Gasteiger partial charge in [-0.25, -0.2) is 4.68 Å². The van der Waals surface area contributed by atoms with E-state index in [0.29, 0.717) is 17.7 Å². The maximum Gasteiger partial charge on any atom is 0.255 e. The average molecular weight is 204 g/mol. The third-order valence-electron chi connectivity index (χ3n) is 1.78. The summed E-state index contributed by atoms with van der Waals surface area (Å²) in [5.74, 6) is 1.78. The fraction of sp³-hybridized carbons (Fsp3) is 0.333. The van der Waals surface area contributed by atoms with Crippen molar-refractivity contribution in [1.82, 2.24) is 24.7 Å². The van der Waals surface area contributed by atoms with Gasteiger partial charge in [-0.2, -0.15) is 20.1 Å². The molecule has 2 rings (SSSR count). The second-order valence-corrected chi connectivity index (χ2v) is 2.99. The van der Waals surface area contributed by atoms with Gasteiger partial charge in [0.25, 0.3) is 5.95 Å². The maximum atomic E-state index is 4.23. The summed E-state index contributed by atoms with van der Waals surface area (Å²) in [5.41, 5.74) is 0. The highest BCUT2D eigenvalue weighted by Gasteiger charge is 2.04. The van der Waals surface area contributed by atoms with Crippen molar-refractivity contribution < 1.29 is 0 Å². The second-order valence-electron chi connectivity index (χ2n) is 2.99. The van der Waals surface area contributed by atoms with Gasteiger partial charge in [0.15, 0.2) is 0 Å². The monoisotopic (exact) mass is 204 g/mol. The van der Waals surface area contributed by atoms with Crippen LogP contribution in [0.4, 0.5) is 5.95 Å². The van der Waals surface area contributed by atoms with Crippen LogP contribution in [-0.4, -0.2) is 31.3 Å². The summed E-state index contributed by atoms with van der Waals surface area (Å²) in [6.45, 7) is 4.60. The van der Waals surface area contributed by atoms with E-state index in [1.807, 2.05) is 19.9 Å². The molecule has 2 aromatic rings. The highest BCUT2D eigenvalue weighted by atomic mass is 15.4. The number of aryl methyl sites for hydroxylation is 1. The Kier molecular flexibility index (Phi) is 2.57. The van der Waals surface area contributed by atoms with Crippen LogP contribution >= 0.6 is 0 Å². The number of hydrogen-bond donors (Lipinski definition) is 1. The zero-order valence-electron chi connectivity index (χ0n) is 8.68. The van der Waals surface area contributed by atoms with Crippen LogP contribution in [0.15, 0.2) is 18.5 Å². The number of rotatable bonds is 3. The molecule has 0 fully saturated rings. The molecule has 0 aliphatic carbocycles. The minimum atomic E-state index is 0.531. The van der Waals surface area contributed by atoms with Crippen LogP contribution < -0.4 is 5.32 Å². The van der Waals surface area contributed by atoms with E-state index in [2.05, 4.69) is 25.4 Å². The molecule has 15 heavy (non-hydrogen) atoms. The van der Waals surface area contributed by atoms with Crippen molar-refractivity contribution in [2.75, 3.05) is 11.9 Å². The van der Waals surface area contributed by atoms with Crippen molar-refractivity contribution in [2.45, 2.75) is 13.8 Å². The van der Waals surface area contributed by atoms with Gasteiger partial charge < -0.3 is 5.32 Å². The third-order valence-corrected chi connectivity index (χ3v) is 1.78. The van der Waals surface area contributed by atoms with Gasteiger partial charge in [0.2, 0.25) is 5.95 Å². The Labute approximate surface area is 87.4 Å². The Morgan fingerprint density at radius 1 is 1.33 bits per heavy atom. The van der Waals surface area contributed by atoms with Gasteiger partial charge in [0, 0.05) is 18.9 Å². The summed E-state index contributed by atoms with van der Waals surface area (Å²) >= 11 is 0. The van der Waals surface area contributed by atoms with E-state index in [1.165, 1.54) is 0 Å². The third kappa shape index (κ3) is 2.09. The van der Waals surface area contributed by atoms with Gasteiger partial charge in [-0.3, -0.25) is 0 Å². The molecule has 2 heterocycles. The largest absolute Gasteiger partial charge is 0.354 e. The molecule has 2 aromatic heterocycles. The van der Waals surface area contributed by atoms with E-state index in [4.69, 9.17) is 0 Å². The first kappa shape index (κ1) is 9.57. The zero-order chi connectivity index (χ0) is 10.7. The lowest BCUT2D eigenvalue weighted by Crippen LogP contribution is -2.09. The Balaban J connectivity index is 2.40. The zero-order valence-corrected chi connectivity index (χ0v) is 8.68. The van der Waals surface area contributed by atoms with Crippen LogP contribution in [0.5, 0.6) is 0 Å². The first-order valence-electron chi connectivity index (χ1n) is 4.76. The normalized spacial score (nSPS) is 10.3. The molecular weight excluding hydrogens is 192 g/mol. The highest BCUT2D eigenvalue weighted by molar-refractivity contribution is 5.27. The van der Waals surface area contributed by atoms with E-state index in [9.17, 15) is 0 Å². The molecule has 0 spiro atoms. The predicted octanol–water partition coefficient (Wildman–Crippen LogP) is 0.798. The smallest absolute Gasteiger partial charge is 0.255 e. The standard InChI is InChI=1S/C9H12N6/c1-3-10-8-12-7(2)13-9(14-8)15-6-4-5-11-15/h4-6H,3H2,1-2H3,(H,10,12,13,14). The molecule has 0 radical (unpaired) electrons. The Hall–Kier alpha value is -1.98. The highest BCUT2D eigenvalue weighted by Crippen LogP contribution is 2.03. The van der Waals surface area contributed by atoms with Crippen LogP contribution in [0.25, 0.3) is 5.95 Å². The lowest BCUT2D eigenvalue weighted by atomic mass is 10.6. The SMILES string of the molecule is CCNc1nc(C)nc(-n2cccn2)n1. The molecule has 0 atom stereocenters. The van der Waals surface area contributed by atoms with Crippen LogP contribution in [0.3, 0.4) is 0 Å². The van der Waals surface area contributed by atoms with Gasteiger partial charge in [0.1, 0.15) is 5.82 Å². The molecule has 0 aromatic carbocycles. The van der Waals surface area contributed by atoms with Crippen molar-refractivity contribution in [3.63, 3.8) is 0 Å². The maximum absolute atomic E-state index is 4.23. The van der Waals surface area contributed by atoms with Crippen molar-refractivity contribution in [3.8, 4) is 5.95 Å². The first-order chi connectivity index (χ1) is 7.29. The molecule has 0 aliphatic rings. The molecule has 0 saturated heterocycles. The molecule has 6 heteroatoms. The number of nitrogens with zero attached hydrogens (tertiary/aromatic N) is 5. The molecule has 0 unspecified atom stereocenters. The molecule has 0 bridgehead atoms. The van der Waals surface area contributed by atoms with Crippen molar-refractivity contribution in [2.24, 2.45) is 0 Å². The predicted molar refractivity (Wildman–Crippen MR) is 55.8 cm³/mol. The summed E-state index contributed by atoms with van der Waals surface area (Å²) in [6, 6.07) is 1.83. The summed E-state index contributed by atoms with van der Waals surface area (Å²) in [6.07, 6.45) is 3.48. The van der Waals surface area contributed by atoms with Gasteiger partial charge >= 0.3 is 0 Å². The van der Waals surface area contributed by atoms with E-state index in [1.54, 1.807) is 17.1 Å². The summed E-state index contributed by atoms with van der Waals surface area (Å²) in [7, 11) is 0. The molecule has 0 aliphatic heterocycles. The Morgan fingerprint density at radius 3 is 2.87 bits per heavy atom. The van der Waals surface area contributed by atoms with Gasteiger partial charge in [-0.1, -0.05) is 0 Å². The van der Waals surface area contributed by atoms with Gasteiger partial charge in [-0.05, 0) is 19.9 Å². The lowest BCUT2D eigenvalue weighted by Gasteiger charge is -2.04. The number of nitrogens with one attached hydrogen (secondary N) is 1. The Morgan fingerprint density at radius 2 is 2.20 bits per heavy atom. The summed E-state index contributed by atoms with van der Waals surface area (Å²) in [5, 5.41) is 7.11. The number of anilines is 1. The molecule has 1 N–H and O–H groups in total. The van der Waals surface area contributed by atoms with Crippen molar-refractivity contribution in [3.05, 3.63) is 24.3 Å². The molecule has 0 saturated carbocycles. The van der Waals surface area contributed by atoms with Crippen molar-refractivity contribution >= 4 is 5.95 Å². The number of hydrogen-bond acceptors (Lipinski definition) is 5. The lowest BCUT2D eigenvalue weighted by molar-refractivity contribution is 0.783. The van der Waals surface area contributed by atoms with Crippen LogP contribution in [-0.2, 0) is 0 Å². The van der Waals surface area contributed by atoms with E-state index >= 15 is 0 Å². The van der Waals surface area contributed by atoms with E-state index < -0.39 is 0 Å². The van der Waals surface area contributed by atoms with Gasteiger partial charge in [-0.15, -0.1) is 0 Å². The minimum Gasteiger partial charge on any atom is -0.354 e. The average Bonchev–Trinajstić information content (AvgIpc) is 2.70. The second kappa shape index (κ2) is 4.04. The van der Waals surface area contributed by atoms with E-state index in [0.717, 1.165) is 6.54 Å². The summed E-state index contributed by atoms with van der Waals surface area (Å²) in [4.78, 5) is 12.6. The van der Waals surface area contributed by atoms with Crippen LogP contribution in [0, 0.1) is 6.92 Å². The van der Waals surface area contributed by atoms with Gasteiger partial charge in [0.05, 0.1) is 0 Å². The molecule has 0 amide bonds. The summed E-state index contributed by atoms with van der Waals surface area (Å²) < 4.78 is 1.61. The topological polar surface area (TPSA) is 68.5 Å². The van der Waals surface area contributed by atoms with Crippen molar-refractivity contribution in [1.29, 1.82) is 0 Å². The Bertz CT molecular complexity index is 436. The minimum absolute atomic E-state index is 0.531. The molecule has 78 valence electrons. The fourth-order valence-electron chi connectivity index (χ4n) is 1.19. The quantitative estimate of drug-likeness (QED) is 0.800. The molecule has 6 nitrogen and oxygen atoms in total. The van der Waals surface area contributed by atoms with Crippen LogP contribution in [0.2, 0.25) is 0 Å². The molecular formula is C9H12N6. The van der Waals surface area contributed by atoms with E-state index in [-0.39, 0.29) is 0 Å². The first-order valence-corrected chi connectivity index (χ1v) is 4.76. The van der Waals surface area contributed by atoms with Crippen LogP contribution in [0.1, 0.15) is 12.7 Å². The fourth-order valence-corrected chi connectivity index (χ4v) is 1.19.